The molecule has 0 aliphatic carbocycles. The number of methoxy groups -OCH3 is 1. The van der Waals surface area contributed by atoms with Crippen LogP contribution in [0.15, 0.2) is 85.2 Å². The largest absolute Gasteiger partial charge is 0.494 e. The van der Waals surface area contributed by atoms with Gasteiger partial charge in [-0.1, -0.05) is 59.6 Å². The summed E-state index contributed by atoms with van der Waals surface area (Å²) in [6, 6.07) is 23.1. The Hall–Kier alpha value is -5.71. The first-order valence-electron chi connectivity index (χ1n) is 18.5. The molecule has 4 heterocycles. The molecule has 4 aromatic carbocycles. The average Bonchev–Trinajstić information content (AvgIpc) is 3.93. The molecule has 0 unspecified atom stereocenters. The summed E-state index contributed by atoms with van der Waals surface area (Å²) >= 11 is 13.4. The Morgan fingerprint density at radius 3 is 2.43 bits per heavy atom. The van der Waals surface area contributed by atoms with Crippen LogP contribution in [0.25, 0.3) is 32.9 Å². The van der Waals surface area contributed by atoms with E-state index < -0.39 is 5.97 Å². The van der Waals surface area contributed by atoms with Crippen molar-refractivity contribution in [3.05, 3.63) is 129 Å². The molecule has 1 N–H and O–H groups in total. The van der Waals surface area contributed by atoms with E-state index >= 15 is 4.79 Å². The van der Waals surface area contributed by atoms with Gasteiger partial charge < -0.3 is 28.2 Å². The molecular weight excluding hydrogens is 749 g/mol. The maximum Gasteiger partial charge on any atom is 0.354 e. The molecule has 0 saturated heterocycles. The van der Waals surface area contributed by atoms with Crippen molar-refractivity contribution < 1.29 is 23.8 Å². The number of rotatable bonds is 11. The molecule has 12 heteroatoms. The van der Waals surface area contributed by atoms with Crippen molar-refractivity contribution in [2.45, 2.75) is 46.3 Å². The summed E-state index contributed by atoms with van der Waals surface area (Å²) in [5.74, 6) is 0.681. The maximum absolute atomic E-state index is 15.3. The van der Waals surface area contributed by atoms with E-state index in [1.165, 1.54) is 7.11 Å². The second kappa shape index (κ2) is 15.1. The van der Waals surface area contributed by atoms with Gasteiger partial charge in [-0.15, -0.1) is 0 Å². The van der Waals surface area contributed by atoms with E-state index in [2.05, 4.69) is 21.7 Å². The molecule has 7 aromatic rings. The summed E-state index contributed by atoms with van der Waals surface area (Å²) in [5.41, 5.74) is 8.66. The number of hydrogen-bond acceptors (Lipinski definition) is 6. The van der Waals surface area contributed by atoms with Gasteiger partial charge in [0.25, 0.3) is 5.91 Å². The van der Waals surface area contributed by atoms with Crippen molar-refractivity contribution in [1.29, 1.82) is 0 Å². The monoisotopic (exact) mass is 789 g/mol. The Bertz CT molecular complexity index is 2610. The second-order valence-corrected chi connectivity index (χ2v) is 15.1. The van der Waals surface area contributed by atoms with Gasteiger partial charge in [0.05, 0.1) is 41.7 Å². The van der Waals surface area contributed by atoms with Crippen molar-refractivity contribution in [3.63, 3.8) is 0 Å². The minimum Gasteiger partial charge on any atom is -0.494 e. The molecule has 0 spiro atoms. The number of carbonyl (C=O) groups is 2. The van der Waals surface area contributed by atoms with Gasteiger partial charge in [-0.25, -0.2) is 4.79 Å². The molecule has 0 bridgehead atoms. The van der Waals surface area contributed by atoms with E-state index in [9.17, 15) is 4.79 Å². The van der Waals surface area contributed by atoms with Crippen molar-refractivity contribution in [1.82, 2.24) is 19.3 Å². The quantitative estimate of drug-likeness (QED) is 0.103. The number of ether oxygens (including phenoxy) is 3. The number of aromatic amines is 1. The number of hydrogen-bond donors (Lipinski definition) is 1. The van der Waals surface area contributed by atoms with Crippen LogP contribution in [0, 0.1) is 13.8 Å². The van der Waals surface area contributed by atoms with Crippen molar-refractivity contribution in [2.75, 3.05) is 25.2 Å². The highest BCUT2D eigenvalue weighted by Crippen LogP contribution is 2.45. The summed E-state index contributed by atoms with van der Waals surface area (Å²) in [5, 5.41) is 10.1. The van der Waals surface area contributed by atoms with Crippen LogP contribution in [0.3, 0.4) is 0 Å². The number of nitrogens with zero attached hydrogens (tertiary/aromatic N) is 4. The predicted octanol–water partition coefficient (Wildman–Crippen LogP) is 10.0. The number of H-pyrrole nitrogens is 1. The lowest BCUT2D eigenvalue weighted by molar-refractivity contribution is 0.0590. The number of fused-ring (bicyclic) bond motifs is 4. The van der Waals surface area contributed by atoms with E-state index in [-0.39, 0.29) is 11.9 Å². The zero-order chi connectivity index (χ0) is 39.2. The van der Waals surface area contributed by atoms with Crippen molar-refractivity contribution in [2.24, 2.45) is 7.05 Å². The summed E-state index contributed by atoms with van der Waals surface area (Å²) in [6.07, 6.45) is 4.78. The topological polar surface area (TPSA) is 104 Å². The van der Waals surface area contributed by atoms with Gasteiger partial charge in [-0.3, -0.25) is 9.89 Å². The van der Waals surface area contributed by atoms with Gasteiger partial charge in [0.15, 0.2) is 0 Å². The Kier molecular flexibility index (Phi) is 10.0. The molecule has 10 nitrogen and oxygen atoms in total. The van der Waals surface area contributed by atoms with E-state index in [1.807, 2.05) is 98.7 Å². The molecule has 0 fully saturated rings. The second-order valence-electron chi connectivity index (χ2n) is 14.3. The molecule has 56 heavy (non-hydrogen) atoms. The standard InChI is InChI=1S/C44H41Cl2N5O5/c1-25-16-30(17-26(2)40(25)46)55-15-9-12-32-33-13-14-35(45)39(29-21-47-48-22-29)41(33)51-27(3)23-50(43(52)42(32)51)37-19-31(56-24-28-10-7-6-8-11-28)18-36-34(37)20-38(49(36)4)44(53)54-5/h6-8,10-11,13-14,16-22,27H,9,12,15,23-24H2,1-5H3,(H,47,48)/t27-/m1/s1. The summed E-state index contributed by atoms with van der Waals surface area (Å²) in [4.78, 5) is 30.0. The van der Waals surface area contributed by atoms with Crippen LogP contribution in [-0.2, 0) is 24.8 Å². The fourth-order valence-electron chi connectivity index (χ4n) is 7.96. The third-order valence-electron chi connectivity index (χ3n) is 10.6. The molecule has 0 saturated carbocycles. The first-order chi connectivity index (χ1) is 27.0. The van der Waals surface area contributed by atoms with Crippen LogP contribution >= 0.6 is 23.2 Å². The third-order valence-corrected chi connectivity index (χ3v) is 11.6. The van der Waals surface area contributed by atoms with Crippen LogP contribution in [0.2, 0.25) is 10.0 Å². The lowest BCUT2D eigenvalue weighted by Gasteiger charge is -2.35. The molecule has 1 amide bonds. The first kappa shape index (κ1) is 37.2. The number of aromatic nitrogens is 4. The Morgan fingerprint density at radius 1 is 0.964 bits per heavy atom. The van der Waals surface area contributed by atoms with Crippen LogP contribution in [0.4, 0.5) is 5.69 Å². The Morgan fingerprint density at radius 2 is 1.71 bits per heavy atom. The Labute approximate surface area is 334 Å². The fraction of sp³-hybridized carbons (Fsp3) is 0.250. The predicted molar refractivity (Wildman–Crippen MR) is 221 cm³/mol. The van der Waals surface area contributed by atoms with Gasteiger partial charge in [-0.05, 0) is 80.1 Å². The molecule has 1 aliphatic heterocycles. The molecule has 8 rings (SSSR count). The number of anilines is 1. The number of nitrogens with one attached hydrogen (secondary N) is 1. The van der Waals surface area contributed by atoms with Crippen molar-refractivity contribution in [3.8, 4) is 22.6 Å². The van der Waals surface area contributed by atoms with E-state index in [1.54, 1.807) is 16.8 Å². The zero-order valence-electron chi connectivity index (χ0n) is 31.8. The van der Waals surface area contributed by atoms with Crippen LogP contribution < -0.4 is 14.4 Å². The number of esters is 1. The number of amides is 1. The maximum atomic E-state index is 15.3. The normalized spacial score (nSPS) is 14.1. The van der Waals surface area contributed by atoms with E-state index in [4.69, 9.17) is 37.4 Å². The molecular formula is C44H41Cl2N5O5. The van der Waals surface area contributed by atoms with Gasteiger partial charge in [0.2, 0.25) is 0 Å². The summed E-state index contributed by atoms with van der Waals surface area (Å²) < 4.78 is 21.6. The minimum absolute atomic E-state index is 0.168. The molecule has 3 aromatic heterocycles. The van der Waals surface area contributed by atoms with Crippen LogP contribution in [0.1, 0.15) is 62.6 Å². The zero-order valence-corrected chi connectivity index (χ0v) is 33.3. The van der Waals surface area contributed by atoms with E-state index in [0.717, 1.165) is 66.0 Å². The SMILES string of the molecule is COC(=O)c1cc2c(N3C[C@@H](C)n4c(c(CCCOc5cc(C)c(Cl)c(C)c5)c5ccc(Cl)c(-c6cn[nH]c6)c54)C3=O)cc(OCc3ccccc3)cc2n1C. The summed E-state index contributed by atoms with van der Waals surface area (Å²) in [6.45, 7) is 7.16. The number of benzene rings is 4. The average molecular weight is 791 g/mol. The van der Waals surface area contributed by atoms with Crippen LogP contribution in [0.5, 0.6) is 11.5 Å². The molecule has 1 atom stereocenters. The lowest BCUT2D eigenvalue weighted by Crippen LogP contribution is -2.42. The van der Waals surface area contributed by atoms with Gasteiger partial charge in [-0.2, -0.15) is 5.10 Å². The first-order valence-corrected chi connectivity index (χ1v) is 19.3. The van der Waals surface area contributed by atoms with Crippen LogP contribution in [-0.4, -0.2) is 51.5 Å². The third kappa shape index (κ3) is 6.56. The molecule has 286 valence electrons. The lowest BCUT2D eigenvalue weighted by atomic mass is 10.0. The molecule has 1 aliphatic rings. The number of carbonyl (C=O) groups excluding carboxylic acids is 2. The molecule has 0 radical (unpaired) electrons. The van der Waals surface area contributed by atoms with Gasteiger partial charge in [0.1, 0.15) is 29.5 Å². The highest BCUT2D eigenvalue weighted by molar-refractivity contribution is 6.35. The summed E-state index contributed by atoms with van der Waals surface area (Å²) in [7, 11) is 3.17. The van der Waals surface area contributed by atoms with Gasteiger partial charge >= 0.3 is 5.97 Å². The highest BCUT2D eigenvalue weighted by atomic mass is 35.5. The Balaban J connectivity index is 1.24. The smallest absolute Gasteiger partial charge is 0.354 e. The highest BCUT2D eigenvalue weighted by Gasteiger charge is 2.37. The van der Waals surface area contributed by atoms with E-state index in [0.29, 0.717) is 60.4 Å². The number of halogens is 2. The van der Waals surface area contributed by atoms with Crippen molar-refractivity contribution >= 4 is 62.6 Å². The number of aryl methyl sites for hydroxylation is 4. The fourth-order valence-corrected chi connectivity index (χ4v) is 8.33. The van der Waals surface area contributed by atoms with Gasteiger partial charge in [0, 0.05) is 64.9 Å². The minimum atomic E-state index is -0.475.